The Bertz CT molecular complexity index is 502. The van der Waals surface area contributed by atoms with Crippen LogP contribution in [0.1, 0.15) is 0 Å². The van der Waals surface area contributed by atoms with Crippen LogP contribution in [-0.4, -0.2) is 10.1 Å². The predicted molar refractivity (Wildman–Crippen MR) is 66.4 cm³/mol. The molecule has 0 saturated carbocycles. The molecule has 0 amide bonds. The van der Waals surface area contributed by atoms with Crippen molar-refractivity contribution in [3.8, 4) is 17.0 Å². The first-order chi connectivity index (χ1) is 7.58. The Morgan fingerprint density at radius 1 is 1.00 bits per heavy atom. The summed E-state index contributed by atoms with van der Waals surface area (Å²) >= 11 is 17.7. The van der Waals surface area contributed by atoms with Crippen molar-refractivity contribution in [2.24, 2.45) is 0 Å². The number of hydrogen-bond donors (Lipinski definition) is 1. The van der Waals surface area contributed by atoms with Crippen molar-refractivity contribution in [1.82, 2.24) is 4.98 Å². The van der Waals surface area contributed by atoms with E-state index in [0.29, 0.717) is 20.8 Å². The van der Waals surface area contributed by atoms with E-state index in [4.69, 9.17) is 39.9 Å². The molecule has 0 unspecified atom stereocenters. The fourth-order valence-corrected chi connectivity index (χ4v) is 1.86. The summed E-state index contributed by atoms with van der Waals surface area (Å²) in [7, 11) is 0. The van der Waals surface area contributed by atoms with Crippen molar-refractivity contribution in [2.75, 3.05) is 0 Å². The molecule has 0 atom stereocenters. The highest BCUT2D eigenvalue weighted by Crippen LogP contribution is 2.34. The summed E-state index contributed by atoms with van der Waals surface area (Å²) in [6, 6.07) is 6.56. The van der Waals surface area contributed by atoms with Gasteiger partial charge >= 0.3 is 0 Å². The maximum Gasteiger partial charge on any atom is 0.133 e. The molecule has 1 heterocycles. The molecule has 1 aromatic carbocycles. The summed E-state index contributed by atoms with van der Waals surface area (Å²) < 4.78 is 0. The second-order valence-corrected chi connectivity index (χ2v) is 4.35. The molecule has 2 rings (SSSR count). The average Bonchev–Trinajstić information content (AvgIpc) is 2.26. The molecule has 16 heavy (non-hydrogen) atoms. The summed E-state index contributed by atoms with van der Waals surface area (Å²) in [5.41, 5.74) is 1.41. The second kappa shape index (κ2) is 4.50. The SMILES string of the molecule is Oc1ccc(-c2cc(Cl)c(Cl)c(Cl)c2)nc1. The van der Waals surface area contributed by atoms with Crippen molar-refractivity contribution >= 4 is 34.8 Å². The zero-order valence-corrected chi connectivity index (χ0v) is 10.2. The van der Waals surface area contributed by atoms with Crippen molar-refractivity contribution in [2.45, 2.75) is 0 Å². The number of halogens is 3. The molecule has 0 radical (unpaired) electrons. The Morgan fingerprint density at radius 3 is 2.12 bits per heavy atom. The lowest BCUT2D eigenvalue weighted by atomic mass is 10.1. The number of benzene rings is 1. The lowest BCUT2D eigenvalue weighted by molar-refractivity contribution is 0.473. The molecule has 0 aliphatic heterocycles. The maximum absolute atomic E-state index is 9.12. The summed E-state index contributed by atoms with van der Waals surface area (Å²) in [5, 5.41) is 10.2. The summed E-state index contributed by atoms with van der Waals surface area (Å²) in [6.07, 6.45) is 1.35. The topological polar surface area (TPSA) is 33.1 Å². The molecule has 1 N–H and O–H groups in total. The van der Waals surface area contributed by atoms with Crippen molar-refractivity contribution in [3.63, 3.8) is 0 Å². The lowest BCUT2D eigenvalue weighted by Crippen LogP contribution is -1.83. The third-order valence-electron chi connectivity index (χ3n) is 2.03. The van der Waals surface area contributed by atoms with E-state index in [0.717, 1.165) is 5.56 Å². The van der Waals surface area contributed by atoms with Crippen LogP contribution in [0.5, 0.6) is 5.75 Å². The van der Waals surface area contributed by atoms with Crippen LogP contribution < -0.4 is 0 Å². The Hall–Kier alpha value is -0.960. The standard InChI is InChI=1S/C11H6Cl3NO/c12-8-3-6(4-9(13)11(8)14)10-2-1-7(16)5-15-10/h1-5,16H. The number of aromatic hydroxyl groups is 1. The summed E-state index contributed by atoms with van der Waals surface area (Å²) in [5.74, 6) is 0.106. The van der Waals surface area contributed by atoms with Crippen molar-refractivity contribution < 1.29 is 5.11 Å². The van der Waals surface area contributed by atoms with E-state index in [1.54, 1.807) is 24.3 Å². The minimum Gasteiger partial charge on any atom is -0.506 e. The van der Waals surface area contributed by atoms with Crippen molar-refractivity contribution in [1.29, 1.82) is 0 Å². The fraction of sp³-hybridized carbons (Fsp3) is 0. The van der Waals surface area contributed by atoms with E-state index < -0.39 is 0 Å². The molecular weight excluding hydrogens is 268 g/mol. The third kappa shape index (κ3) is 2.24. The number of pyridine rings is 1. The smallest absolute Gasteiger partial charge is 0.133 e. The first-order valence-corrected chi connectivity index (χ1v) is 5.51. The van der Waals surface area contributed by atoms with Crippen LogP contribution in [0.15, 0.2) is 30.5 Å². The van der Waals surface area contributed by atoms with Gasteiger partial charge in [-0.1, -0.05) is 34.8 Å². The minimum absolute atomic E-state index is 0.106. The molecule has 0 saturated heterocycles. The van der Waals surface area contributed by atoms with E-state index in [1.807, 2.05) is 0 Å². The number of aromatic nitrogens is 1. The van der Waals surface area contributed by atoms with E-state index in [-0.39, 0.29) is 5.75 Å². The zero-order valence-electron chi connectivity index (χ0n) is 7.92. The van der Waals surface area contributed by atoms with E-state index >= 15 is 0 Å². The largest absolute Gasteiger partial charge is 0.506 e. The van der Waals surface area contributed by atoms with Crippen LogP contribution >= 0.6 is 34.8 Å². The molecule has 82 valence electrons. The predicted octanol–water partition coefficient (Wildman–Crippen LogP) is 4.41. The molecular formula is C11H6Cl3NO. The molecule has 2 nitrogen and oxygen atoms in total. The highest BCUT2D eigenvalue weighted by atomic mass is 35.5. The third-order valence-corrected chi connectivity index (χ3v) is 3.22. The van der Waals surface area contributed by atoms with Gasteiger partial charge in [0.05, 0.1) is 27.0 Å². The van der Waals surface area contributed by atoms with E-state index in [9.17, 15) is 0 Å². The van der Waals surface area contributed by atoms with Gasteiger partial charge in [0.25, 0.3) is 0 Å². The normalized spacial score (nSPS) is 10.4. The van der Waals surface area contributed by atoms with Crippen LogP contribution in [-0.2, 0) is 0 Å². The van der Waals surface area contributed by atoms with Gasteiger partial charge in [0, 0.05) is 5.56 Å². The Kier molecular flexibility index (Phi) is 3.24. The van der Waals surface area contributed by atoms with Crippen LogP contribution in [0.25, 0.3) is 11.3 Å². The molecule has 5 heteroatoms. The van der Waals surface area contributed by atoms with Gasteiger partial charge in [-0.25, -0.2) is 0 Å². The summed E-state index contributed by atoms with van der Waals surface area (Å²) in [4.78, 5) is 4.05. The van der Waals surface area contributed by atoms with Gasteiger partial charge in [-0.2, -0.15) is 0 Å². The fourth-order valence-electron chi connectivity index (χ4n) is 1.26. The highest BCUT2D eigenvalue weighted by molar-refractivity contribution is 6.48. The van der Waals surface area contributed by atoms with Crippen LogP contribution in [0.4, 0.5) is 0 Å². The molecule has 2 aromatic rings. The van der Waals surface area contributed by atoms with Gasteiger partial charge in [0.15, 0.2) is 0 Å². The molecule has 0 aliphatic rings. The number of rotatable bonds is 1. The van der Waals surface area contributed by atoms with E-state index in [2.05, 4.69) is 4.98 Å². The quantitative estimate of drug-likeness (QED) is 0.781. The Balaban J connectivity index is 2.52. The van der Waals surface area contributed by atoms with Crippen LogP contribution in [0, 0.1) is 0 Å². The monoisotopic (exact) mass is 273 g/mol. The van der Waals surface area contributed by atoms with Crippen LogP contribution in [0.3, 0.4) is 0 Å². The summed E-state index contributed by atoms with van der Waals surface area (Å²) in [6.45, 7) is 0. The molecule has 0 aliphatic carbocycles. The first-order valence-electron chi connectivity index (χ1n) is 4.38. The molecule has 1 aromatic heterocycles. The van der Waals surface area contributed by atoms with Gasteiger partial charge in [-0.3, -0.25) is 4.98 Å². The average molecular weight is 275 g/mol. The van der Waals surface area contributed by atoms with E-state index in [1.165, 1.54) is 6.20 Å². The first kappa shape index (κ1) is 11.5. The van der Waals surface area contributed by atoms with Gasteiger partial charge < -0.3 is 5.11 Å². The van der Waals surface area contributed by atoms with Crippen molar-refractivity contribution in [3.05, 3.63) is 45.5 Å². The molecule has 0 bridgehead atoms. The van der Waals surface area contributed by atoms with Gasteiger partial charge in [0.2, 0.25) is 0 Å². The highest BCUT2D eigenvalue weighted by Gasteiger charge is 2.08. The minimum atomic E-state index is 0.106. The second-order valence-electron chi connectivity index (χ2n) is 3.16. The zero-order chi connectivity index (χ0) is 11.7. The van der Waals surface area contributed by atoms with Gasteiger partial charge in [0.1, 0.15) is 5.75 Å². The van der Waals surface area contributed by atoms with Gasteiger partial charge in [-0.05, 0) is 24.3 Å². The Labute approximate surface area is 107 Å². The molecule has 0 fully saturated rings. The lowest BCUT2D eigenvalue weighted by Gasteiger charge is -2.04. The molecule has 0 spiro atoms. The van der Waals surface area contributed by atoms with Gasteiger partial charge in [-0.15, -0.1) is 0 Å². The number of nitrogens with zero attached hydrogens (tertiary/aromatic N) is 1. The maximum atomic E-state index is 9.12. The Morgan fingerprint density at radius 2 is 1.62 bits per heavy atom. The number of hydrogen-bond acceptors (Lipinski definition) is 2. The van der Waals surface area contributed by atoms with Crippen LogP contribution in [0.2, 0.25) is 15.1 Å².